The molecule has 0 spiro atoms. The minimum atomic E-state index is -0.384. The zero-order valence-corrected chi connectivity index (χ0v) is 19.3. The molecular weight excluding hydrogens is 422 g/mol. The average Bonchev–Trinajstić information content (AvgIpc) is 3.07. The Bertz CT molecular complexity index is 960. The number of benzene rings is 1. The predicted molar refractivity (Wildman–Crippen MR) is 128 cm³/mol. The van der Waals surface area contributed by atoms with E-state index in [1.165, 1.54) is 6.20 Å². The van der Waals surface area contributed by atoms with Crippen LogP contribution >= 0.6 is 0 Å². The van der Waals surface area contributed by atoms with Gasteiger partial charge in [-0.25, -0.2) is 14.6 Å². The third kappa shape index (κ3) is 6.68. The van der Waals surface area contributed by atoms with Crippen molar-refractivity contribution in [1.29, 1.82) is 0 Å². The van der Waals surface area contributed by atoms with E-state index in [1.54, 1.807) is 42.2 Å². The number of aromatic nitrogens is 1. The molecule has 176 valence electrons. The van der Waals surface area contributed by atoms with Gasteiger partial charge in [-0.15, -0.1) is 0 Å². The first-order valence-corrected chi connectivity index (χ1v) is 11.2. The van der Waals surface area contributed by atoms with Crippen LogP contribution in [-0.4, -0.2) is 60.6 Å². The highest BCUT2D eigenvalue weighted by atomic mass is 16.5. The maximum atomic E-state index is 12.8. The van der Waals surface area contributed by atoms with Crippen molar-refractivity contribution in [2.75, 3.05) is 48.3 Å². The molecule has 1 aliphatic heterocycles. The topological polar surface area (TPSA) is 104 Å². The molecule has 0 saturated carbocycles. The van der Waals surface area contributed by atoms with E-state index in [-0.39, 0.29) is 23.8 Å². The third-order valence-electron chi connectivity index (χ3n) is 5.29. The average molecular weight is 454 g/mol. The molecule has 2 heterocycles. The van der Waals surface area contributed by atoms with E-state index in [4.69, 9.17) is 4.74 Å². The molecule has 0 atom stereocenters. The van der Waals surface area contributed by atoms with Crippen molar-refractivity contribution >= 4 is 35.1 Å². The summed E-state index contributed by atoms with van der Waals surface area (Å²) < 4.78 is 4.99. The molecule has 0 radical (unpaired) electrons. The standard InChI is InChI=1S/C24H31N5O4/c1-4-33-23(31)18-6-11-21(25-16-18)28-12-5-13-29(15-14-28)24(32)27-20-9-7-19(8-10-20)26-22(30)17(2)3/h6-11,16-17H,4-5,12-15H2,1-3H3,(H,26,30)(H,27,32). The Morgan fingerprint density at radius 1 is 0.970 bits per heavy atom. The molecule has 2 aromatic rings. The molecule has 1 aromatic heterocycles. The van der Waals surface area contributed by atoms with Crippen LogP contribution < -0.4 is 15.5 Å². The fraction of sp³-hybridized carbons (Fsp3) is 0.417. The Labute approximate surface area is 194 Å². The van der Waals surface area contributed by atoms with Gasteiger partial charge in [0, 0.05) is 49.7 Å². The second kappa shape index (κ2) is 11.3. The number of urea groups is 1. The summed E-state index contributed by atoms with van der Waals surface area (Å²) in [6.45, 7) is 8.34. The quantitative estimate of drug-likeness (QED) is 0.648. The Morgan fingerprint density at radius 3 is 2.27 bits per heavy atom. The summed E-state index contributed by atoms with van der Waals surface area (Å²) in [5.74, 6) is 0.235. The fourth-order valence-corrected chi connectivity index (χ4v) is 3.38. The molecule has 1 fully saturated rings. The lowest BCUT2D eigenvalue weighted by molar-refractivity contribution is -0.118. The summed E-state index contributed by atoms with van der Waals surface area (Å²) >= 11 is 0. The Balaban J connectivity index is 1.53. The van der Waals surface area contributed by atoms with Gasteiger partial charge < -0.3 is 25.2 Å². The summed E-state index contributed by atoms with van der Waals surface area (Å²) in [5, 5.41) is 5.75. The van der Waals surface area contributed by atoms with Crippen molar-refractivity contribution in [1.82, 2.24) is 9.88 Å². The van der Waals surface area contributed by atoms with Crippen LogP contribution in [0.5, 0.6) is 0 Å². The van der Waals surface area contributed by atoms with Crippen LogP contribution in [0.4, 0.5) is 22.0 Å². The number of nitrogens with zero attached hydrogens (tertiary/aromatic N) is 3. The van der Waals surface area contributed by atoms with Gasteiger partial charge in [0.15, 0.2) is 0 Å². The number of anilines is 3. The molecule has 1 saturated heterocycles. The van der Waals surface area contributed by atoms with Gasteiger partial charge in [0.1, 0.15) is 5.82 Å². The molecule has 3 rings (SSSR count). The number of hydrogen-bond acceptors (Lipinski definition) is 6. The molecule has 1 aromatic carbocycles. The van der Waals surface area contributed by atoms with E-state index in [1.807, 2.05) is 19.9 Å². The molecule has 9 heteroatoms. The third-order valence-corrected chi connectivity index (χ3v) is 5.29. The van der Waals surface area contributed by atoms with Crippen molar-refractivity contribution in [3.63, 3.8) is 0 Å². The smallest absolute Gasteiger partial charge is 0.339 e. The lowest BCUT2D eigenvalue weighted by Crippen LogP contribution is -2.38. The number of carbonyl (C=O) groups excluding carboxylic acids is 3. The minimum absolute atomic E-state index is 0.0501. The Morgan fingerprint density at radius 2 is 1.67 bits per heavy atom. The van der Waals surface area contributed by atoms with Gasteiger partial charge in [0.2, 0.25) is 5.91 Å². The van der Waals surface area contributed by atoms with E-state index >= 15 is 0 Å². The number of amides is 3. The first-order valence-electron chi connectivity index (χ1n) is 11.2. The van der Waals surface area contributed by atoms with Crippen molar-refractivity contribution in [3.05, 3.63) is 48.2 Å². The van der Waals surface area contributed by atoms with Crippen LogP contribution in [0.2, 0.25) is 0 Å². The number of ether oxygens (including phenoxy) is 1. The second-order valence-electron chi connectivity index (χ2n) is 8.10. The summed E-state index contributed by atoms with van der Waals surface area (Å²) in [5.41, 5.74) is 1.78. The predicted octanol–water partition coefficient (Wildman–Crippen LogP) is 3.60. The Hall–Kier alpha value is -3.62. The van der Waals surface area contributed by atoms with Crippen molar-refractivity contribution in [3.8, 4) is 0 Å². The molecule has 2 N–H and O–H groups in total. The van der Waals surface area contributed by atoms with Crippen LogP contribution in [0.15, 0.2) is 42.6 Å². The lowest BCUT2D eigenvalue weighted by atomic mass is 10.2. The first-order chi connectivity index (χ1) is 15.9. The highest BCUT2D eigenvalue weighted by molar-refractivity contribution is 5.93. The van der Waals surface area contributed by atoms with Crippen LogP contribution in [0.25, 0.3) is 0 Å². The SMILES string of the molecule is CCOC(=O)c1ccc(N2CCCN(C(=O)Nc3ccc(NC(=O)C(C)C)cc3)CC2)nc1. The van der Waals surface area contributed by atoms with Gasteiger partial charge in [0.25, 0.3) is 0 Å². The summed E-state index contributed by atoms with van der Waals surface area (Å²) in [4.78, 5) is 44.6. The summed E-state index contributed by atoms with van der Waals surface area (Å²) in [6, 6.07) is 10.4. The molecule has 0 bridgehead atoms. The molecule has 0 aliphatic carbocycles. The van der Waals surface area contributed by atoms with Crippen molar-refractivity contribution in [2.45, 2.75) is 27.2 Å². The van der Waals surface area contributed by atoms with E-state index in [0.29, 0.717) is 43.2 Å². The largest absolute Gasteiger partial charge is 0.462 e. The first kappa shape index (κ1) is 24.0. The summed E-state index contributed by atoms with van der Waals surface area (Å²) in [7, 11) is 0. The zero-order valence-electron chi connectivity index (χ0n) is 19.3. The molecule has 33 heavy (non-hydrogen) atoms. The zero-order chi connectivity index (χ0) is 23.8. The molecule has 3 amide bonds. The van der Waals surface area contributed by atoms with Crippen LogP contribution in [0, 0.1) is 5.92 Å². The number of rotatable bonds is 6. The summed E-state index contributed by atoms with van der Waals surface area (Å²) in [6.07, 6.45) is 2.32. The maximum Gasteiger partial charge on any atom is 0.339 e. The van der Waals surface area contributed by atoms with Crippen LogP contribution in [-0.2, 0) is 9.53 Å². The number of carbonyl (C=O) groups is 3. The van der Waals surface area contributed by atoms with Crippen molar-refractivity contribution in [2.24, 2.45) is 5.92 Å². The maximum absolute atomic E-state index is 12.8. The molecule has 0 unspecified atom stereocenters. The monoisotopic (exact) mass is 453 g/mol. The number of esters is 1. The normalized spacial score (nSPS) is 13.9. The van der Waals surface area contributed by atoms with Gasteiger partial charge in [-0.1, -0.05) is 13.8 Å². The number of nitrogens with one attached hydrogen (secondary N) is 2. The lowest BCUT2D eigenvalue weighted by Gasteiger charge is -2.23. The molecule has 1 aliphatic rings. The van der Waals surface area contributed by atoms with Crippen LogP contribution in [0.1, 0.15) is 37.6 Å². The number of pyridine rings is 1. The highest BCUT2D eigenvalue weighted by Crippen LogP contribution is 2.17. The van der Waals surface area contributed by atoms with Crippen LogP contribution in [0.3, 0.4) is 0 Å². The number of hydrogen-bond donors (Lipinski definition) is 2. The van der Waals surface area contributed by atoms with Gasteiger partial charge in [-0.3, -0.25) is 4.79 Å². The van der Waals surface area contributed by atoms with E-state index < -0.39 is 0 Å². The van der Waals surface area contributed by atoms with Gasteiger partial charge >= 0.3 is 12.0 Å². The fourth-order valence-electron chi connectivity index (χ4n) is 3.38. The Kier molecular flexibility index (Phi) is 8.23. The minimum Gasteiger partial charge on any atom is -0.462 e. The van der Waals surface area contributed by atoms with E-state index in [0.717, 1.165) is 18.8 Å². The second-order valence-corrected chi connectivity index (χ2v) is 8.10. The molecular formula is C24H31N5O4. The van der Waals surface area contributed by atoms with E-state index in [9.17, 15) is 14.4 Å². The highest BCUT2D eigenvalue weighted by Gasteiger charge is 2.20. The van der Waals surface area contributed by atoms with Gasteiger partial charge in [0.05, 0.1) is 12.2 Å². The molecule has 9 nitrogen and oxygen atoms in total. The van der Waals surface area contributed by atoms with E-state index in [2.05, 4.69) is 20.5 Å². The van der Waals surface area contributed by atoms with Gasteiger partial charge in [-0.05, 0) is 49.7 Å². The van der Waals surface area contributed by atoms with Crippen molar-refractivity contribution < 1.29 is 19.1 Å². The van der Waals surface area contributed by atoms with Gasteiger partial charge in [-0.2, -0.15) is 0 Å².